The van der Waals surface area contributed by atoms with Crippen molar-refractivity contribution >= 4 is 0 Å². The molecule has 1 aliphatic rings. The summed E-state index contributed by atoms with van der Waals surface area (Å²) < 4.78 is 0. The molecule has 2 N–H and O–H groups in total. The number of rotatable bonds is 4. The maximum absolute atomic E-state index is 6.31. The molecule has 1 atom stereocenters. The van der Waals surface area contributed by atoms with Crippen LogP contribution in [0.2, 0.25) is 0 Å². The summed E-state index contributed by atoms with van der Waals surface area (Å²) in [5.74, 6) is 0. The molecule has 0 aromatic rings. The van der Waals surface area contributed by atoms with E-state index >= 15 is 0 Å². The number of nitrogens with zero attached hydrogens (tertiary/aromatic N) is 1. The number of likely N-dealkylation sites (tertiary alicyclic amines) is 1. The van der Waals surface area contributed by atoms with E-state index in [1.54, 1.807) is 0 Å². The van der Waals surface area contributed by atoms with Crippen LogP contribution in [0.25, 0.3) is 0 Å². The van der Waals surface area contributed by atoms with Gasteiger partial charge in [0.15, 0.2) is 0 Å². The highest BCUT2D eigenvalue weighted by Gasteiger charge is 2.21. The van der Waals surface area contributed by atoms with Crippen molar-refractivity contribution in [3.63, 3.8) is 0 Å². The van der Waals surface area contributed by atoms with Crippen molar-refractivity contribution in [1.82, 2.24) is 4.90 Å². The molecule has 1 fully saturated rings. The van der Waals surface area contributed by atoms with Crippen LogP contribution in [0.4, 0.5) is 0 Å². The average molecular weight is 212 g/mol. The molecule has 1 rings (SSSR count). The van der Waals surface area contributed by atoms with Crippen LogP contribution in [-0.2, 0) is 0 Å². The smallest absolute Gasteiger partial charge is 0.0254 e. The molecule has 0 aromatic heterocycles. The Morgan fingerprint density at radius 2 is 1.60 bits per heavy atom. The predicted octanol–water partition coefficient (Wildman–Crippen LogP) is 2.77. The molecule has 0 spiro atoms. The SMILES string of the molecule is CCCC(C)(N)CN1CCCCCCC1. The van der Waals surface area contributed by atoms with Crippen LogP contribution in [0.15, 0.2) is 0 Å². The maximum atomic E-state index is 6.31. The maximum Gasteiger partial charge on any atom is 0.0254 e. The third-order valence-electron chi connectivity index (χ3n) is 3.35. The summed E-state index contributed by atoms with van der Waals surface area (Å²) in [4.78, 5) is 2.58. The Hall–Kier alpha value is -0.0800. The van der Waals surface area contributed by atoms with E-state index in [2.05, 4.69) is 18.7 Å². The Morgan fingerprint density at radius 3 is 2.13 bits per heavy atom. The van der Waals surface area contributed by atoms with Crippen molar-refractivity contribution in [1.29, 1.82) is 0 Å². The Balaban J connectivity index is 2.33. The lowest BCUT2D eigenvalue weighted by Gasteiger charge is -2.33. The fraction of sp³-hybridized carbons (Fsp3) is 1.00. The van der Waals surface area contributed by atoms with E-state index in [4.69, 9.17) is 5.73 Å². The van der Waals surface area contributed by atoms with Gasteiger partial charge in [0, 0.05) is 12.1 Å². The van der Waals surface area contributed by atoms with Crippen molar-refractivity contribution in [2.75, 3.05) is 19.6 Å². The second-order valence-electron chi connectivity index (χ2n) is 5.45. The molecule has 1 heterocycles. The standard InChI is InChI=1S/C13H28N2/c1-3-9-13(2,14)12-15-10-7-5-4-6-8-11-15/h3-12,14H2,1-2H3. The molecule has 15 heavy (non-hydrogen) atoms. The molecule has 1 aliphatic heterocycles. The molecule has 2 heteroatoms. The van der Waals surface area contributed by atoms with Gasteiger partial charge in [-0.1, -0.05) is 32.6 Å². The van der Waals surface area contributed by atoms with Gasteiger partial charge in [0.2, 0.25) is 0 Å². The van der Waals surface area contributed by atoms with Gasteiger partial charge in [-0.2, -0.15) is 0 Å². The second-order valence-corrected chi connectivity index (χ2v) is 5.45. The molecule has 0 bridgehead atoms. The van der Waals surface area contributed by atoms with Crippen molar-refractivity contribution < 1.29 is 0 Å². The number of hydrogen-bond donors (Lipinski definition) is 1. The Bertz CT molecular complexity index is 158. The van der Waals surface area contributed by atoms with Gasteiger partial charge in [-0.15, -0.1) is 0 Å². The summed E-state index contributed by atoms with van der Waals surface area (Å²) in [5.41, 5.74) is 6.33. The minimum atomic E-state index is 0.0218. The van der Waals surface area contributed by atoms with Crippen molar-refractivity contribution in [2.45, 2.75) is 64.3 Å². The summed E-state index contributed by atoms with van der Waals surface area (Å²) in [6.45, 7) is 8.03. The fourth-order valence-corrected chi connectivity index (χ4v) is 2.63. The molecule has 0 saturated carbocycles. The molecule has 0 radical (unpaired) electrons. The van der Waals surface area contributed by atoms with Crippen molar-refractivity contribution in [3.8, 4) is 0 Å². The topological polar surface area (TPSA) is 29.3 Å². The minimum absolute atomic E-state index is 0.0218. The third kappa shape index (κ3) is 5.53. The zero-order valence-electron chi connectivity index (χ0n) is 10.6. The van der Waals surface area contributed by atoms with Gasteiger partial charge in [0.25, 0.3) is 0 Å². The van der Waals surface area contributed by atoms with Crippen LogP contribution in [0.5, 0.6) is 0 Å². The monoisotopic (exact) mass is 212 g/mol. The van der Waals surface area contributed by atoms with E-state index in [-0.39, 0.29) is 5.54 Å². The Labute approximate surface area is 95.2 Å². The summed E-state index contributed by atoms with van der Waals surface area (Å²) in [7, 11) is 0. The van der Waals surface area contributed by atoms with Gasteiger partial charge < -0.3 is 10.6 Å². The number of nitrogens with two attached hydrogens (primary N) is 1. The highest BCUT2D eigenvalue weighted by Crippen LogP contribution is 2.15. The van der Waals surface area contributed by atoms with E-state index in [1.807, 2.05) is 0 Å². The van der Waals surface area contributed by atoms with Gasteiger partial charge in [-0.25, -0.2) is 0 Å². The molecule has 0 aromatic carbocycles. The van der Waals surface area contributed by atoms with Gasteiger partial charge in [-0.3, -0.25) is 0 Å². The molecule has 0 aliphatic carbocycles. The summed E-state index contributed by atoms with van der Waals surface area (Å²) in [5, 5.41) is 0. The first-order valence-electron chi connectivity index (χ1n) is 6.65. The lowest BCUT2D eigenvalue weighted by atomic mass is 9.96. The van der Waals surface area contributed by atoms with Gasteiger partial charge in [-0.05, 0) is 39.3 Å². The second kappa shape index (κ2) is 6.49. The first kappa shape index (κ1) is 13.0. The average Bonchev–Trinajstić information content (AvgIpc) is 2.09. The van der Waals surface area contributed by atoms with E-state index in [0.29, 0.717) is 0 Å². The largest absolute Gasteiger partial charge is 0.324 e. The van der Waals surface area contributed by atoms with Crippen LogP contribution in [-0.4, -0.2) is 30.1 Å². The Morgan fingerprint density at radius 1 is 1.07 bits per heavy atom. The lowest BCUT2D eigenvalue weighted by molar-refractivity contribution is 0.193. The molecular formula is C13H28N2. The summed E-state index contributed by atoms with van der Waals surface area (Å²) in [6.07, 6.45) is 9.31. The van der Waals surface area contributed by atoms with Crippen LogP contribution in [0, 0.1) is 0 Å². The molecule has 1 saturated heterocycles. The van der Waals surface area contributed by atoms with E-state index in [1.165, 1.54) is 51.6 Å². The zero-order valence-corrected chi connectivity index (χ0v) is 10.6. The summed E-state index contributed by atoms with van der Waals surface area (Å²) in [6, 6.07) is 0. The summed E-state index contributed by atoms with van der Waals surface area (Å²) >= 11 is 0. The highest BCUT2D eigenvalue weighted by atomic mass is 15.1. The van der Waals surface area contributed by atoms with Gasteiger partial charge in [0.05, 0.1) is 0 Å². The molecule has 1 unspecified atom stereocenters. The normalized spacial score (nSPS) is 24.2. The minimum Gasteiger partial charge on any atom is -0.324 e. The zero-order chi connectivity index (χ0) is 11.1. The molecular weight excluding hydrogens is 184 g/mol. The van der Waals surface area contributed by atoms with Crippen LogP contribution >= 0.6 is 0 Å². The lowest BCUT2D eigenvalue weighted by Crippen LogP contribution is -2.48. The predicted molar refractivity (Wildman–Crippen MR) is 67.0 cm³/mol. The molecule has 0 amide bonds. The Kier molecular flexibility index (Phi) is 5.62. The highest BCUT2D eigenvalue weighted by molar-refractivity contribution is 4.82. The molecule has 90 valence electrons. The van der Waals surface area contributed by atoms with E-state index < -0.39 is 0 Å². The fourth-order valence-electron chi connectivity index (χ4n) is 2.63. The van der Waals surface area contributed by atoms with Crippen molar-refractivity contribution in [2.24, 2.45) is 5.73 Å². The third-order valence-corrected chi connectivity index (χ3v) is 3.35. The van der Waals surface area contributed by atoms with Gasteiger partial charge in [0.1, 0.15) is 0 Å². The first-order valence-corrected chi connectivity index (χ1v) is 6.65. The van der Waals surface area contributed by atoms with Crippen LogP contribution in [0.1, 0.15) is 58.8 Å². The number of hydrogen-bond acceptors (Lipinski definition) is 2. The van der Waals surface area contributed by atoms with Crippen LogP contribution < -0.4 is 5.73 Å². The van der Waals surface area contributed by atoms with Crippen molar-refractivity contribution in [3.05, 3.63) is 0 Å². The van der Waals surface area contributed by atoms with E-state index in [0.717, 1.165) is 13.0 Å². The van der Waals surface area contributed by atoms with Gasteiger partial charge >= 0.3 is 0 Å². The van der Waals surface area contributed by atoms with Crippen LogP contribution in [0.3, 0.4) is 0 Å². The first-order chi connectivity index (χ1) is 7.14. The molecule has 2 nitrogen and oxygen atoms in total. The van der Waals surface area contributed by atoms with E-state index in [9.17, 15) is 0 Å². The quantitative estimate of drug-likeness (QED) is 0.776.